The van der Waals surface area contributed by atoms with Gasteiger partial charge < -0.3 is 20.1 Å². The van der Waals surface area contributed by atoms with Crippen LogP contribution in [0.5, 0.6) is 11.5 Å². The second-order valence-electron chi connectivity index (χ2n) is 7.59. The van der Waals surface area contributed by atoms with E-state index in [-0.39, 0.29) is 31.5 Å². The summed E-state index contributed by atoms with van der Waals surface area (Å²) in [5, 5.41) is 0. The van der Waals surface area contributed by atoms with Gasteiger partial charge in [-0.1, -0.05) is 12.1 Å². The Hall–Kier alpha value is -3.06. The summed E-state index contributed by atoms with van der Waals surface area (Å²) in [7, 11) is 1.60. The third-order valence-corrected chi connectivity index (χ3v) is 5.54. The third kappa shape index (κ3) is 5.98. The summed E-state index contributed by atoms with van der Waals surface area (Å²) >= 11 is 0. The zero-order chi connectivity index (χ0) is 22.2. The van der Waals surface area contributed by atoms with E-state index in [9.17, 15) is 9.59 Å². The predicted molar refractivity (Wildman–Crippen MR) is 120 cm³/mol. The van der Waals surface area contributed by atoms with Crippen LogP contribution in [0.3, 0.4) is 0 Å². The van der Waals surface area contributed by atoms with Gasteiger partial charge in [-0.05, 0) is 68.3 Å². The molecular weight excluding hydrogens is 394 g/mol. The fourth-order valence-corrected chi connectivity index (χ4v) is 3.99. The number of rotatable bonds is 10. The van der Waals surface area contributed by atoms with Crippen LogP contribution in [0.2, 0.25) is 0 Å². The first-order chi connectivity index (χ1) is 15.0. The van der Waals surface area contributed by atoms with Crippen LogP contribution in [-0.2, 0) is 9.59 Å². The first-order valence-corrected chi connectivity index (χ1v) is 10.7. The maximum absolute atomic E-state index is 13.3. The number of hydrogen-bond acceptors (Lipinski definition) is 5. The molecule has 1 saturated heterocycles. The van der Waals surface area contributed by atoms with Crippen molar-refractivity contribution in [1.29, 1.82) is 0 Å². The number of carbonyl (C=O) groups excluding carboxylic acids is 2. The van der Waals surface area contributed by atoms with Crippen molar-refractivity contribution in [3.8, 4) is 11.5 Å². The number of hydrogen-bond donors (Lipinski definition) is 1. The van der Waals surface area contributed by atoms with Crippen molar-refractivity contribution in [2.45, 2.75) is 32.2 Å². The normalized spacial score (nSPS) is 16.1. The summed E-state index contributed by atoms with van der Waals surface area (Å²) in [4.78, 5) is 28.5. The van der Waals surface area contributed by atoms with Crippen molar-refractivity contribution < 1.29 is 19.1 Å². The van der Waals surface area contributed by atoms with Gasteiger partial charge in [0.15, 0.2) is 0 Å². The molecule has 1 atom stereocenters. The van der Waals surface area contributed by atoms with Gasteiger partial charge in [0.2, 0.25) is 11.8 Å². The van der Waals surface area contributed by atoms with Gasteiger partial charge >= 0.3 is 0 Å². The second-order valence-corrected chi connectivity index (χ2v) is 7.59. The number of likely N-dealkylation sites (tertiary alicyclic amines) is 1. The van der Waals surface area contributed by atoms with Crippen LogP contribution >= 0.6 is 0 Å². The first-order valence-electron chi connectivity index (χ1n) is 10.7. The number of nitrogens with two attached hydrogens (primary N) is 1. The van der Waals surface area contributed by atoms with Crippen LogP contribution in [-0.4, -0.2) is 50.1 Å². The summed E-state index contributed by atoms with van der Waals surface area (Å²) in [6, 6.07) is 15.6. The van der Waals surface area contributed by atoms with Crippen molar-refractivity contribution in [1.82, 2.24) is 4.90 Å². The van der Waals surface area contributed by atoms with Crippen molar-refractivity contribution >= 4 is 17.5 Å². The Balaban J connectivity index is 1.73. The lowest BCUT2D eigenvalue weighted by Crippen LogP contribution is -2.41. The predicted octanol–water partition coefficient (Wildman–Crippen LogP) is 3.14. The van der Waals surface area contributed by atoms with E-state index in [2.05, 4.69) is 17.0 Å². The zero-order valence-corrected chi connectivity index (χ0v) is 18.3. The molecule has 1 aliphatic heterocycles. The van der Waals surface area contributed by atoms with Crippen LogP contribution in [0.1, 0.15) is 37.8 Å². The Bertz CT molecular complexity index is 867. The highest BCUT2D eigenvalue weighted by molar-refractivity contribution is 5.95. The average molecular weight is 426 g/mol. The number of primary amides is 1. The summed E-state index contributed by atoms with van der Waals surface area (Å²) in [5.41, 5.74) is 7.25. The topological polar surface area (TPSA) is 85.1 Å². The number of carbonyl (C=O) groups is 2. The van der Waals surface area contributed by atoms with E-state index in [0.29, 0.717) is 12.4 Å². The molecule has 1 aliphatic rings. The molecule has 0 aromatic heterocycles. The maximum Gasteiger partial charge on any atom is 0.241 e. The first kappa shape index (κ1) is 22.6. The van der Waals surface area contributed by atoms with Crippen molar-refractivity contribution in [3.63, 3.8) is 0 Å². The molecule has 7 heteroatoms. The Kier molecular flexibility index (Phi) is 7.89. The van der Waals surface area contributed by atoms with E-state index in [0.717, 1.165) is 30.8 Å². The van der Waals surface area contributed by atoms with Gasteiger partial charge in [-0.3, -0.25) is 14.5 Å². The minimum absolute atomic E-state index is 0.0516. The van der Waals surface area contributed by atoms with E-state index in [1.165, 1.54) is 5.56 Å². The number of methoxy groups -OCH3 is 1. The van der Waals surface area contributed by atoms with E-state index in [1.54, 1.807) is 24.1 Å². The van der Waals surface area contributed by atoms with Crippen LogP contribution < -0.4 is 20.1 Å². The molecule has 1 heterocycles. The lowest BCUT2D eigenvalue weighted by atomic mass is 10.0. The smallest absolute Gasteiger partial charge is 0.241 e. The highest BCUT2D eigenvalue weighted by atomic mass is 16.5. The van der Waals surface area contributed by atoms with Crippen LogP contribution in [0.25, 0.3) is 0 Å². The molecule has 2 aromatic rings. The lowest BCUT2D eigenvalue weighted by molar-refractivity contribution is -0.120. The SMILES string of the molecule is CCOc1ccc(C2CCCN2CC(=O)N(CCC(N)=O)c2ccc(OC)cc2)cc1. The molecule has 7 nitrogen and oxygen atoms in total. The Labute approximate surface area is 183 Å². The third-order valence-electron chi connectivity index (χ3n) is 5.54. The quantitative estimate of drug-likeness (QED) is 0.632. The van der Waals surface area contributed by atoms with Crippen molar-refractivity contribution in [3.05, 3.63) is 54.1 Å². The van der Waals surface area contributed by atoms with E-state index >= 15 is 0 Å². The highest BCUT2D eigenvalue weighted by Crippen LogP contribution is 2.33. The molecule has 2 amide bonds. The Morgan fingerprint density at radius 3 is 2.39 bits per heavy atom. The molecule has 0 aliphatic carbocycles. The van der Waals surface area contributed by atoms with Crippen LogP contribution in [0.4, 0.5) is 5.69 Å². The molecule has 0 spiro atoms. The molecule has 2 N–H and O–H groups in total. The van der Waals surface area contributed by atoms with Gasteiger partial charge in [0.05, 0.1) is 20.3 Å². The largest absolute Gasteiger partial charge is 0.497 e. The zero-order valence-electron chi connectivity index (χ0n) is 18.3. The minimum atomic E-state index is -0.431. The van der Waals surface area contributed by atoms with E-state index < -0.39 is 5.91 Å². The van der Waals surface area contributed by atoms with Gasteiger partial charge in [0.25, 0.3) is 0 Å². The number of nitrogens with zero attached hydrogens (tertiary/aromatic N) is 2. The molecule has 0 radical (unpaired) electrons. The monoisotopic (exact) mass is 425 g/mol. The van der Waals surface area contributed by atoms with Crippen LogP contribution in [0, 0.1) is 0 Å². The molecule has 1 unspecified atom stereocenters. The van der Waals surface area contributed by atoms with Gasteiger partial charge in [0, 0.05) is 24.7 Å². The molecule has 1 fully saturated rings. The maximum atomic E-state index is 13.3. The molecule has 2 aromatic carbocycles. The minimum Gasteiger partial charge on any atom is -0.497 e. The fourth-order valence-electron chi connectivity index (χ4n) is 3.99. The fraction of sp³-hybridized carbons (Fsp3) is 0.417. The summed E-state index contributed by atoms with van der Waals surface area (Å²) in [5.74, 6) is 1.08. The summed E-state index contributed by atoms with van der Waals surface area (Å²) in [6.45, 7) is 3.99. The average Bonchev–Trinajstić information content (AvgIpc) is 3.23. The number of anilines is 1. The summed E-state index contributed by atoms with van der Waals surface area (Å²) < 4.78 is 10.7. The highest BCUT2D eigenvalue weighted by Gasteiger charge is 2.29. The number of ether oxygens (including phenoxy) is 2. The van der Waals surface area contributed by atoms with Crippen LogP contribution in [0.15, 0.2) is 48.5 Å². The Morgan fingerprint density at radius 2 is 1.77 bits per heavy atom. The molecule has 3 rings (SSSR count). The van der Waals surface area contributed by atoms with Gasteiger partial charge in [-0.15, -0.1) is 0 Å². The van der Waals surface area contributed by atoms with Crippen molar-refractivity contribution in [2.75, 3.05) is 38.3 Å². The molecular formula is C24H31N3O4. The number of amides is 2. The van der Waals surface area contributed by atoms with Gasteiger partial charge in [-0.2, -0.15) is 0 Å². The van der Waals surface area contributed by atoms with Crippen molar-refractivity contribution in [2.24, 2.45) is 5.73 Å². The van der Waals surface area contributed by atoms with E-state index in [1.807, 2.05) is 31.2 Å². The number of benzene rings is 2. The van der Waals surface area contributed by atoms with Gasteiger partial charge in [-0.25, -0.2) is 0 Å². The Morgan fingerprint density at radius 1 is 1.10 bits per heavy atom. The lowest BCUT2D eigenvalue weighted by Gasteiger charge is -2.29. The standard InChI is InChI=1S/C24H31N3O4/c1-3-31-21-10-6-18(7-11-21)22-5-4-15-26(22)17-24(29)27(16-14-23(25)28)19-8-12-20(30-2)13-9-19/h6-13,22H,3-5,14-17H2,1-2H3,(H2,25,28). The molecule has 166 valence electrons. The summed E-state index contributed by atoms with van der Waals surface area (Å²) in [6.07, 6.45) is 2.15. The molecule has 0 bridgehead atoms. The molecule has 31 heavy (non-hydrogen) atoms. The van der Waals surface area contributed by atoms with E-state index in [4.69, 9.17) is 15.2 Å². The van der Waals surface area contributed by atoms with Gasteiger partial charge in [0.1, 0.15) is 11.5 Å². The second kappa shape index (κ2) is 10.8. The molecule has 0 saturated carbocycles.